The van der Waals surface area contributed by atoms with E-state index in [1.165, 1.54) is 17.7 Å². The zero-order valence-corrected chi connectivity index (χ0v) is 14.5. The fourth-order valence-corrected chi connectivity index (χ4v) is 4.07. The van der Waals surface area contributed by atoms with Gasteiger partial charge in [0.25, 0.3) is 0 Å². The van der Waals surface area contributed by atoms with Crippen LogP contribution >= 0.6 is 0 Å². The molecule has 0 radical (unpaired) electrons. The number of unbranched alkanes of at least 4 members (excludes halogenated alkanes) is 1. The van der Waals surface area contributed by atoms with Crippen LogP contribution in [-0.4, -0.2) is 88.3 Å². The Labute approximate surface area is 143 Å². The summed E-state index contributed by atoms with van der Waals surface area (Å²) >= 11 is 0. The van der Waals surface area contributed by atoms with E-state index < -0.39 is 12.1 Å². The second kappa shape index (κ2) is 6.88. The Hall–Kier alpha value is -1.34. The fourth-order valence-electron chi connectivity index (χ4n) is 4.07. The first kappa shape index (κ1) is 17.5. The van der Waals surface area contributed by atoms with E-state index in [1.807, 2.05) is 0 Å². The molecule has 2 aliphatic heterocycles. The first-order valence-corrected chi connectivity index (χ1v) is 9.12. The number of amides is 2. The van der Waals surface area contributed by atoms with E-state index in [2.05, 4.69) is 4.90 Å². The van der Waals surface area contributed by atoms with Crippen molar-refractivity contribution < 1.29 is 19.8 Å². The highest BCUT2D eigenvalue weighted by molar-refractivity contribution is 5.86. The van der Waals surface area contributed by atoms with E-state index in [0.29, 0.717) is 19.6 Å². The smallest absolute Gasteiger partial charge is 0.408 e. The Bertz CT molecular complexity index is 494. The normalized spacial score (nSPS) is 30.0. The zero-order chi connectivity index (χ0) is 17.3. The number of hydrogen-bond donors (Lipinski definition) is 2. The Morgan fingerprint density at radius 1 is 1.17 bits per heavy atom. The molecule has 3 rings (SSSR count). The number of β-amino-alcohol motifs (C(OH)–C–C–N with tert-alkyl or cyclic N) is 1. The number of piperazine rings is 1. The fraction of sp³-hybridized carbons (Fsp3) is 0.882. The van der Waals surface area contributed by atoms with Crippen molar-refractivity contribution in [3.8, 4) is 0 Å². The maximum absolute atomic E-state index is 12.2. The topological polar surface area (TPSA) is 84.3 Å². The van der Waals surface area contributed by atoms with Crippen LogP contribution in [0.15, 0.2) is 0 Å². The largest absolute Gasteiger partial charge is 0.465 e. The molecule has 3 aliphatic rings. The van der Waals surface area contributed by atoms with Crippen molar-refractivity contribution in [2.24, 2.45) is 5.41 Å². The Balaban J connectivity index is 1.35. The van der Waals surface area contributed by atoms with Gasteiger partial charge in [0.1, 0.15) is 6.04 Å². The Morgan fingerprint density at radius 3 is 2.50 bits per heavy atom. The number of carboxylic acid groups (broad SMARTS) is 1. The van der Waals surface area contributed by atoms with E-state index in [4.69, 9.17) is 5.11 Å². The van der Waals surface area contributed by atoms with Crippen LogP contribution in [0.5, 0.6) is 0 Å². The highest BCUT2D eigenvalue weighted by Crippen LogP contribution is 2.53. The summed E-state index contributed by atoms with van der Waals surface area (Å²) in [5.74, 6) is -0.0901. The summed E-state index contributed by atoms with van der Waals surface area (Å²) in [6.45, 7) is 6.05. The minimum Gasteiger partial charge on any atom is -0.465 e. The van der Waals surface area contributed by atoms with Crippen LogP contribution < -0.4 is 0 Å². The minimum absolute atomic E-state index is 0.0901. The molecule has 0 aromatic carbocycles. The van der Waals surface area contributed by atoms with Gasteiger partial charge in [0.05, 0.1) is 6.10 Å². The van der Waals surface area contributed by atoms with Crippen molar-refractivity contribution in [1.82, 2.24) is 14.7 Å². The van der Waals surface area contributed by atoms with E-state index in [-0.39, 0.29) is 17.4 Å². The first-order chi connectivity index (χ1) is 11.4. The van der Waals surface area contributed by atoms with E-state index in [0.717, 1.165) is 38.9 Å². The molecule has 2 N–H and O–H groups in total. The summed E-state index contributed by atoms with van der Waals surface area (Å²) in [5, 5.41) is 19.3. The molecule has 1 spiro atoms. The van der Waals surface area contributed by atoms with Gasteiger partial charge >= 0.3 is 6.09 Å². The van der Waals surface area contributed by atoms with Crippen LogP contribution in [0, 0.1) is 5.41 Å². The van der Waals surface area contributed by atoms with Crippen molar-refractivity contribution in [3.05, 3.63) is 0 Å². The summed E-state index contributed by atoms with van der Waals surface area (Å²) in [6, 6.07) is -0.580. The third kappa shape index (κ3) is 3.52. The predicted octanol–water partition coefficient (Wildman–Crippen LogP) is 0.824. The monoisotopic (exact) mass is 339 g/mol. The second-order valence-electron chi connectivity index (χ2n) is 7.61. The standard InChI is InChI=1S/C17H29N3O4/c1-13-15(22)19(10-11-20(13)16(23)24)8-3-2-7-18-9-6-17(4-5-17)14(21)12-18/h13-14,21H,2-12H2,1H3,(H,23,24). The van der Waals surface area contributed by atoms with Gasteiger partial charge in [0.2, 0.25) is 5.91 Å². The average Bonchev–Trinajstić information content (AvgIpc) is 3.32. The van der Waals surface area contributed by atoms with Gasteiger partial charge in [-0.3, -0.25) is 9.69 Å². The number of hydrogen-bond acceptors (Lipinski definition) is 4. The number of piperidine rings is 1. The lowest BCUT2D eigenvalue weighted by Crippen LogP contribution is -2.57. The minimum atomic E-state index is -1.02. The molecular formula is C17H29N3O4. The van der Waals surface area contributed by atoms with Crippen LogP contribution in [0.3, 0.4) is 0 Å². The van der Waals surface area contributed by atoms with Crippen molar-refractivity contribution in [2.45, 2.75) is 51.2 Å². The summed E-state index contributed by atoms with van der Waals surface area (Å²) < 4.78 is 0. The van der Waals surface area contributed by atoms with Gasteiger partial charge in [-0.05, 0) is 57.5 Å². The molecule has 2 saturated heterocycles. The number of carbonyl (C=O) groups excluding carboxylic acids is 1. The van der Waals surface area contributed by atoms with Crippen LogP contribution in [0.1, 0.15) is 39.0 Å². The lowest BCUT2D eigenvalue weighted by molar-refractivity contribution is -0.139. The molecular weight excluding hydrogens is 310 g/mol. The highest BCUT2D eigenvalue weighted by Gasteiger charge is 2.50. The van der Waals surface area contributed by atoms with Crippen molar-refractivity contribution >= 4 is 12.0 Å². The third-order valence-electron chi connectivity index (χ3n) is 6.10. The molecule has 0 aromatic rings. The molecule has 1 saturated carbocycles. The van der Waals surface area contributed by atoms with Gasteiger partial charge < -0.3 is 20.0 Å². The quantitative estimate of drug-likeness (QED) is 0.725. The summed E-state index contributed by atoms with van der Waals surface area (Å²) in [6.07, 6.45) is 4.21. The third-order valence-corrected chi connectivity index (χ3v) is 6.10. The number of rotatable bonds is 5. The summed E-state index contributed by atoms with van der Waals surface area (Å²) in [4.78, 5) is 28.6. The predicted molar refractivity (Wildman–Crippen MR) is 88.7 cm³/mol. The maximum atomic E-state index is 12.2. The van der Waals surface area contributed by atoms with E-state index in [9.17, 15) is 14.7 Å². The SMILES string of the molecule is CC1C(=O)N(CCCCN2CCC3(CC3)C(O)C2)CCN1C(=O)O. The average molecular weight is 339 g/mol. The number of aliphatic hydroxyl groups is 1. The Kier molecular flexibility index (Phi) is 5.01. The van der Waals surface area contributed by atoms with Crippen LogP contribution in [-0.2, 0) is 4.79 Å². The highest BCUT2D eigenvalue weighted by atomic mass is 16.4. The maximum Gasteiger partial charge on any atom is 0.408 e. The molecule has 2 atom stereocenters. The lowest BCUT2D eigenvalue weighted by atomic mass is 9.90. The molecule has 2 heterocycles. The molecule has 0 bridgehead atoms. The van der Waals surface area contributed by atoms with Gasteiger partial charge in [-0.1, -0.05) is 0 Å². The second-order valence-corrected chi connectivity index (χ2v) is 7.61. The molecule has 7 nitrogen and oxygen atoms in total. The van der Waals surface area contributed by atoms with Crippen molar-refractivity contribution in [2.75, 3.05) is 39.3 Å². The lowest BCUT2D eigenvalue weighted by Gasteiger charge is -2.38. The number of aliphatic hydroxyl groups excluding tert-OH is 1. The molecule has 136 valence electrons. The molecule has 3 fully saturated rings. The van der Waals surface area contributed by atoms with Crippen LogP contribution in [0.2, 0.25) is 0 Å². The number of nitrogens with zero attached hydrogens (tertiary/aromatic N) is 3. The van der Waals surface area contributed by atoms with Gasteiger partial charge in [-0.2, -0.15) is 0 Å². The molecule has 0 aromatic heterocycles. The van der Waals surface area contributed by atoms with Gasteiger partial charge in [-0.15, -0.1) is 0 Å². The van der Waals surface area contributed by atoms with E-state index in [1.54, 1.807) is 11.8 Å². The van der Waals surface area contributed by atoms with Gasteiger partial charge in [0, 0.05) is 26.2 Å². The number of carbonyl (C=O) groups is 2. The molecule has 24 heavy (non-hydrogen) atoms. The molecule has 7 heteroatoms. The van der Waals surface area contributed by atoms with Crippen LogP contribution in [0.4, 0.5) is 4.79 Å². The summed E-state index contributed by atoms with van der Waals surface area (Å²) in [7, 11) is 0. The van der Waals surface area contributed by atoms with E-state index >= 15 is 0 Å². The van der Waals surface area contributed by atoms with Gasteiger partial charge in [0.15, 0.2) is 0 Å². The zero-order valence-electron chi connectivity index (χ0n) is 14.5. The molecule has 2 amide bonds. The molecule has 2 unspecified atom stereocenters. The van der Waals surface area contributed by atoms with Crippen molar-refractivity contribution in [1.29, 1.82) is 0 Å². The van der Waals surface area contributed by atoms with Gasteiger partial charge in [-0.25, -0.2) is 4.79 Å². The number of likely N-dealkylation sites (tertiary alicyclic amines) is 1. The first-order valence-electron chi connectivity index (χ1n) is 9.12. The van der Waals surface area contributed by atoms with Crippen LogP contribution in [0.25, 0.3) is 0 Å². The molecule has 1 aliphatic carbocycles. The summed E-state index contributed by atoms with van der Waals surface area (Å²) in [5.41, 5.74) is 0.253. The van der Waals surface area contributed by atoms with Crippen molar-refractivity contribution in [3.63, 3.8) is 0 Å². The Morgan fingerprint density at radius 2 is 1.88 bits per heavy atom.